The van der Waals surface area contributed by atoms with Crippen molar-refractivity contribution in [3.8, 4) is 11.4 Å². The summed E-state index contributed by atoms with van der Waals surface area (Å²) in [5.74, 6) is 1.77. The molecule has 1 aromatic heterocycles. The summed E-state index contributed by atoms with van der Waals surface area (Å²) in [5.41, 5.74) is 4.29. The Bertz CT molecular complexity index is 1060. The number of fused-ring (bicyclic) bond motifs is 1. The van der Waals surface area contributed by atoms with Crippen LogP contribution in [0.4, 0.5) is 16.3 Å². The van der Waals surface area contributed by atoms with Crippen LogP contribution in [0, 0.1) is 5.41 Å². The minimum Gasteiger partial charge on any atom is -0.380 e. The molecule has 188 valence electrons. The quantitative estimate of drug-likeness (QED) is 0.657. The number of anilines is 2. The summed E-state index contributed by atoms with van der Waals surface area (Å²) in [5, 5.41) is 5.60. The first-order valence-electron chi connectivity index (χ1n) is 12.6. The fourth-order valence-electron chi connectivity index (χ4n) is 5.13. The number of rotatable bonds is 6. The number of urea groups is 1. The van der Waals surface area contributed by atoms with E-state index in [1.807, 2.05) is 31.2 Å². The Hall–Kier alpha value is -2.75. The number of nitrogens with zero attached hydrogens (tertiary/aromatic N) is 4. The largest absolute Gasteiger partial charge is 0.380 e. The van der Waals surface area contributed by atoms with Gasteiger partial charge in [0, 0.05) is 55.0 Å². The first-order valence-corrected chi connectivity index (χ1v) is 12.6. The number of hydrogen-bond acceptors (Lipinski definition) is 7. The molecule has 2 fully saturated rings. The highest BCUT2D eigenvalue weighted by Crippen LogP contribution is 2.34. The van der Waals surface area contributed by atoms with E-state index in [9.17, 15) is 4.79 Å². The molecule has 0 spiro atoms. The summed E-state index contributed by atoms with van der Waals surface area (Å²) < 4.78 is 11.2. The van der Waals surface area contributed by atoms with Crippen molar-refractivity contribution in [1.29, 1.82) is 0 Å². The lowest BCUT2D eigenvalue weighted by Gasteiger charge is -2.43. The van der Waals surface area contributed by atoms with Crippen LogP contribution in [0.15, 0.2) is 24.3 Å². The van der Waals surface area contributed by atoms with Gasteiger partial charge in [-0.05, 0) is 44.5 Å². The van der Waals surface area contributed by atoms with E-state index in [0.717, 1.165) is 74.4 Å². The number of hydrogen-bond donors (Lipinski definition) is 2. The van der Waals surface area contributed by atoms with E-state index in [1.165, 1.54) is 5.56 Å². The van der Waals surface area contributed by atoms with Crippen LogP contribution in [0.3, 0.4) is 0 Å². The lowest BCUT2D eigenvalue weighted by Crippen LogP contribution is -2.50. The van der Waals surface area contributed by atoms with Gasteiger partial charge in [-0.3, -0.25) is 4.90 Å². The standard InChI is InChI=1S/C26H36N6O3/c1-4-27-25(33)28-20-7-5-19(6-8-20)23-29-22-13-31(15-26(3)16-35-17-26)10-9-21(22)24(30-23)32-11-12-34-14-18(32)2/h5-8,18H,4,9-17H2,1-3H3,(H2,27,28,33). The highest BCUT2D eigenvalue weighted by Gasteiger charge is 2.37. The SMILES string of the molecule is CCNC(=O)Nc1ccc(-c2nc3c(c(N4CCOCC4C)n2)CCN(CC2(C)COC2)C3)cc1. The Morgan fingerprint density at radius 3 is 2.66 bits per heavy atom. The van der Waals surface area contributed by atoms with Gasteiger partial charge in [0.05, 0.1) is 38.2 Å². The Labute approximate surface area is 207 Å². The molecule has 1 atom stereocenters. The second-order valence-corrected chi connectivity index (χ2v) is 10.2. The molecule has 2 saturated heterocycles. The van der Waals surface area contributed by atoms with Gasteiger partial charge < -0.3 is 25.0 Å². The van der Waals surface area contributed by atoms with Crippen LogP contribution < -0.4 is 15.5 Å². The number of benzene rings is 1. The Morgan fingerprint density at radius 1 is 1.17 bits per heavy atom. The normalized spacial score (nSPS) is 21.7. The third-order valence-corrected chi connectivity index (χ3v) is 7.01. The number of amides is 2. The second-order valence-electron chi connectivity index (χ2n) is 10.2. The number of morpholine rings is 1. The predicted octanol–water partition coefficient (Wildman–Crippen LogP) is 2.90. The minimum absolute atomic E-state index is 0.209. The van der Waals surface area contributed by atoms with Gasteiger partial charge in [0.1, 0.15) is 5.82 Å². The van der Waals surface area contributed by atoms with Crippen molar-refractivity contribution in [2.45, 2.75) is 39.8 Å². The maximum Gasteiger partial charge on any atom is 0.319 e. The topological polar surface area (TPSA) is 91.9 Å². The molecular weight excluding hydrogens is 444 g/mol. The zero-order valence-corrected chi connectivity index (χ0v) is 21.0. The van der Waals surface area contributed by atoms with E-state index in [4.69, 9.17) is 19.4 Å². The molecule has 3 aliphatic heterocycles. The summed E-state index contributed by atoms with van der Waals surface area (Å²) in [6, 6.07) is 7.80. The van der Waals surface area contributed by atoms with Crippen LogP contribution in [-0.4, -0.2) is 79.5 Å². The second kappa shape index (κ2) is 10.1. The van der Waals surface area contributed by atoms with Gasteiger partial charge in [-0.2, -0.15) is 0 Å². The molecule has 2 N–H and O–H groups in total. The van der Waals surface area contributed by atoms with Gasteiger partial charge in [0.15, 0.2) is 5.82 Å². The van der Waals surface area contributed by atoms with Crippen LogP contribution in [-0.2, 0) is 22.4 Å². The van der Waals surface area contributed by atoms with Crippen LogP contribution in [0.5, 0.6) is 0 Å². The maximum atomic E-state index is 11.9. The van der Waals surface area contributed by atoms with Crippen LogP contribution in [0.1, 0.15) is 32.0 Å². The average molecular weight is 481 g/mol. The van der Waals surface area contributed by atoms with Crippen molar-refractivity contribution in [3.63, 3.8) is 0 Å². The molecule has 2 amide bonds. The molecule has 2 aromatic rings. The molecule has 1 unspecified atom stereocenters. The molecule has 1 aromatic carbocycles. The molecular formula is C26H36N6O3. The number of carbonyl (C=O) groups is 1. The van der Waals surface area contributed by atoms with Crippen molar-refractivity contribution in [2.24, 2.45) is 5.41 Å². The van der Waals surface area contributed by atoms with E-state index >= 15 is 0 Å². The molecule has 0 aliphatic carbocycles. The molecule has 4 heterocycles. The third kappa shape index (κ3) is 5.27. The zero-order valence-electron chi connectivity index (χ0n) is 21.0. The fraction of sp³-hybridized carbons (Fsp3) is 0.577. The predicted molar refractivity (Wildman–Crippen MR) is 136 cm³/mol. The van der Waals surface area contributed by atoms with E-state index in [0.29, 0.717) is 19.8 Å². The van der Waals surface area contributed by atoms with Gasteiger partial charge in [-0.25, -0.2) is 14.8 Å². The number of carbonyl (C=O) groups excluding carboxylic acids is 1. The monoisotopic (exact) mass is 480 g/mol. The van der Waals surface area contributed by atoms with E-state index in [2.05, 4.69) is 34.3 Å². The average Bonchev–Trinajstić information content (AvgIpc) is 2.83. The van der Waals surface area contributed by atoms with Crippen LogP contribution in [0.25, 0.3) is 11.4 Å². The third-order valence-electron chi connectivity index (χ3n) is 7.01. The molecule has 35 heavy (non-hydrogen) atoms. The summed E-state index contributed by atoms with van der Waals surface area (Å²) in [7, 11) is 0. The van der Waals surface area contributed by atoms with Crippen molar-refractivity contribution in [3.05, 3.63) is 35.5 Å². The van der Waals surface area contributed by atoms with Gasteiger partial charge >= 0.3 is 6.03 Å². The molecule has 0 bridgehead atoms. The molecule has 0 saturated carbocycles. The zero-order chi connectivity index (χ0) is 24.4. The van der Waals surface area contributed by atoms with Crippen molar-refractivity contribution < 1.29 is 14.3 Å². The number of aromatic nitrogens is 2. The molecule has 3 aliphatic rings. The van der Waals surface area contributed by atoms with Gasteiger partial charge in [-0.15, -0.1) is 0 Å². The molecule has 9 nitrogen and oxygen atoms in total. The highest BCUT2D eigenvalue weighted by molar-refractivity contribution is 5.89. The Balaban J connectivity index is 1.45. The Morgan fingerprint density at radius 2 is 1.97 bits per heavy atom. The summed E-state index contributed by atoms with van der Waals surface area (Å²) in [4.78, 5) is 26.9. The number of ether oxygens (including phenoxy) is 2. The summed E-state index contributed by atoms with van der Waals surface area (Å²) >= 11 is 0. The van der Waals surface area contributed by atoms with Crippen LogP contribution >= 0.6 is 0 Å². The smallest absolute Gasteiger partial charge is 0.319 e. The summed E-state index contributed by atoms with van der Waals surface area (Å²) in [6.45, 7) is 13.7. The van der Waals surface area contributed by atoms with Gasteiger partial charge in [0.25, 0.3) is 0 Å². The van der Waals surface area contributed by atoms with E-state index in [1.54, 1.807) is 0 Å². The van der Waals surface area contributed by atoms with Crippen molar-refractivity contribution >= 4 is 17.5 Å². The lowest BCUT2D eigenvalue weighted by atomic mass is 9.87. The highest BCUT2D eigenvalue weighted by atomic mass is 16.5. The van der Waals surface area contributed by atoms with Crippen molar-refractivity contribution in [1.82, 2.24) is 20.2 Å². The molecule has 5 rings (SSSR count). The molecule has 9 heteroatoms. The first-order chi connectivity index (χ1) is 16.9. The number of nitrogens with one attached hydrogen (secondary N) is 2. The lowest BCUT2D eigenvalue weighted by molar-refractivity contribution is -0.116. The van der Waals surface area contributed by atoms with E-state index in [-0.39, 0.29) is 17.5 Å². The maximum absolute atomic E-state index is 11.9. The van der Waals surface area contributed by atoms with Crippen LogP contribution in [0.2, 0.25) is 0 Å². The minimum atomic E-state index is -0.209. The summed E-state index contributed by atoms with van der Waals surface area (Å²) in [6.07, 6.45) is 0.946. The van der Waals surface area contributed by atoms with E-state index < -0.39 is 0 Å². The van der Waals surface area contributed by atoms with Gasteiger partial charge in [-0.1, -0.05) is 6.92 Å². The van der Waals surface area contributed by atoms with Gasteiger partial charge in [0.2, 0.25) is 0 Å². The fourth-order valence-corrected chi connectivity index (χ4v) is 5.13. The van der Waals surface area contributed by atoms with Crippen molar-refractivity contribution in [2.75, 3.05) is 62.8 Å². The first kappa shape index (κ1) is 24.0. The molecule has 0 radical (unpaired) electrons. The Kier molecular flexibility index (Phi) is 6.91.